The SMILES string of the molecule is CN(C)c1nnc(SCC(=O)c2ccc(F)cc2)s1. The number of carbonyl (C=O) groups excluding carboxylic acids is 1. The van der Waals surface area contributed by atoms with Gasteiger partial charge in [-0.3, -0.25) is 4.79 Å². The summed E-state index contributed by atoms with van der Waals surface area (Å²) in [5.41, 5.74) is 0.506. The molecule has 0 N–H and O–H groups in total. The van der Waals surface area contributed by atoms with Crippen LogP contribution in [0.3, 0.4) is 0 Å². The van der Waals surface area contributed by atoms with Crippen molar-refractivity contribution in [2.24, 2.45) is 0 Å². The van der Waals surface area contributed by atoms with Gasteiger partial charge in [-0.25, -0.2) is 4.39 Å². The molecule has 0 fully saturated rings. The predicted molar refractivity (Wildman–Crippen MR) is 75.7 cm³/mol. The zero-order valence-electron chi connectivity index (χ0n) is 10.5. The van der Waals surface area contributed by atoms with Gasteiger partial charge in [-0.1, -0.05) is 23.1 Å². The van der Waals surface area contributed by atoms with E-state index in [0.29, 0.717) is 5.56 Å². The fourth-order valence-corrected chi connectivity index (χ4v) is 2.95. The number of anilines is 1. The highest BCUT2D eigenvalue weighted by atomic mass is 32.2. The van der Waals surface area contributed by atoms with Crippen LogP contribution in [0, 0.1) is 5.82 Å². The van der Waals surface area contributed by atoms with Crippen molar-refractivity contribution in [3.05, 3.63) is 35.6 Å². The van der Waals surface area contributed by atoms with E-state index in [-0.39, 0.29) is 17.4 Å². The quantitative estimate of drug-likeness (QED) is 0.627. The molecule has 19 heavy (non-hydrogen) atoms. The molecule has 0 aliphatic heterocycles. The maximum Gasteiger partial charge on any atom is 0.208 e. The van der Waals surface area contributed by atoms with Gasteiger partial charge in [-0.05, 0) is 24.3 Å². The summed E-state index contributed by atoms with van der Waals surface area (Å²) in [7, 11) is 3.78. The van der Waals surface area contributed by atoms with E-state index in [1.165, 1.54) is 47.4 Å². The monoisotopic (exact) mass is 297 g/mol. The number of benzene rings is 1. The molecule has 7 heteroatoms. The van der Waals surface area contributed by atoms with Crippen molar-refractivity contribution in [1.29, 1.82) is 0 Å². The first-order chi connectivity index (χ1) is 9.06. The summed E-state index contributed by atoms with van der Waals surface area (Å²) < 4.78 is 13.5. The Balaban J connectivity index is 1.94. The number of rotatable bonds is 5. The zero-order valence-corrected chi connectivity index (χ0v) is 12.1. The number of carbonyl (C=O) groups is 1. The highest BCUT2D eigenvalue weighted by Gasteiger charge is 2.10. The van der Waals surface area contributed by atoms with Gasteiger partial charge in [0.05, 0.1) is 5.75 Å². The van der Waals surface area contributed by atoms with Crippen molar-refractivity contribution in [2.45, 2.75) is 4.34 Å². The van der Waals surface area contributed by atoms with Gasteiger partial charge >= 0.3 is 0 Å². The van der Waals surface area contributed by atoms with Crippen LogP contribution in [-0.4, -0.2) is 35.8 Å². The van der Waals surface area contributed by atoms with E-state index >= 15 is 0 Å². The van der Waals surface area contributed by atoms with Crippen molar-refractivity contribution < 1.29 is 9.18 Å². The molecule has 0 unspecified atom stereocenters. The van der Waals surface area contributed by atoms with Gasteiger partial charge in [0.25, 0.3) is 0 Å². The van der Waals surface area contributed by atoms with Gasteiger partial charge in [0.2, 0.25) is 5.13 Å². The van der Waals surface area contributed by atoms with Crippen LogP contribution in [0.1, 0.15) is 10.4 Å². The number of nitrogens with zero attached hydrogens (tertiary/aromatic N) is 3. The van der Waals surface area contributed by atoms with E-state index < -0.39 is 0 Å². The van der Waals surface area contributed by atoms with Gasteiger partial charge in [0, 0.05) is 19.7 Å². The molecular formula is C12H12FN3OS2. The first kappa shape index (κ1) is 14.0. The average molecular weight is 297 g/mol. The van der Waals surface area contributed by atoms with Crippen molar-refractivity contribution in [2.75, 3.05) is 24.7 Å². The van der Waals surface area contributed by atoms with E-state index in [1.807, 2.05) is 19.0 Å². The molecule has 0 spiro atoms. The van der Waals surface area contributed by atoms with Gasteiger partial charge in [0.15, 0.2) is 10.1 Å². The normalized spacial score (nSPS) is 10.5. The molecule has 1 aromatic heterocycles. The lowest BCUT2D eigenvalue weighted by Gasteiger charge is -2.03. The Morgan fingerprint density at radius 1 is 1.32 bits per heavy atom. The Morgan fingerprint density at radius 2 is 2.00 bits per heavy atom. The number of hydrogen-bond acceptors (Lipinski definition) is 6. The van der Waals surface area contributed by atoms with Gasteiger partial charge < -0.3 is 4.90 Å². The van der Waals surface area contributed by atoms with Crippen molar-refractivity contribution in [1.82, 2.24) is 10.2 Å². The van der Waals surface area contributed by atoms with E-state index in [0.717, 1.165) is 9.47 Å². The molecule has 100 valence electrons. The van der Waals surface area contributed by atoms with E-state index in [2.05, 4.69) is 10.2 Å². The molecule has 0 radical (unpaired) electrons. The number of thioether (sulfide) groups is 1. The molecule has 0 aliphatic carbocycles. The topological polar surface area (TPSA) is 46.1 Å². The van der Waals surface area contributed by atoms with E-state index in [9.17, 15) is 9.18 Å². The first-order valence-electron chi connectivity index (χ1n) is 5.48. The Labute approximate surface area is 118 Å². The summed E-state index contributed by atoms with van der Waals surface area (Å²) in [6.07, 6.45) is 0. The summed E-state index contributed by atoms with van der Waals surface area (Å²) in [4.78, 5) is 13.7. The largest absolute Gasteiger partial charge is 0.353 e. The number of hydrogen-bond donors (Lipinski definition) is 0. The number of Topliss-reactive ketones (excluding diaryl/α,β-unsaturated/α-hetero) is 1. The Hall–Kier alpha value is -1.47. The van der Waals surface area contributed by atoms with Crippen molar-refractivity contribution in [3.63, 3.8) is 0 Å². The Bertz CT molecular complexity index is 569. The standard InChI is InChI=1S/C12H12FN3OS2/c1-16(2)11-14-15-12(19-11)18-7-10(17)8-3-5-9(13)6-4-8/h3-6H,7H2,1-2H3. The lowest BCUT2D eigenvalue weighted by molar-refractivity contribution is 0.102. The highest BCUT2D eigenvalue weighted by Crippen LogP contribution is 2.27. The van der Waals surface area contributed by atoms with Crippen LogP contribution in [0.15, 0.2) is 28.6 Å². The minimum atomic E-state index is -0.344. The van der Waals surface area contributed by atoms with Crippen molar-refractivity contribution >= 4 is 34.0 Å². The molecule has 2 rings (SSSR count). The molecule has 0 atom stereocenters. The second-order valence-corrected chi connectivity index (χ2v) is 6.14. The van der Waals surface area contributed by atoms with Gasteiger partial charge in [-0.15, -0.1) is 10.2 Å². The second-order valence-electron chi connectivity index (χ2n) is 3.96. The van der Waals surface area contributed by atoms with Crippen LogP contribution in [0.4, 0.5) is 9.52 Å². The lowest BCUT2D eigenvalue weighted by Crippen LogP contribution is -2.07. The van der Waals surface area contributed by atoms with Gasteiger partial charge in [-0.2, -0.15) is 0 Å². The third-order valence-corrected chi connectivity index (χ3v) is 4.50. The molecule has 1 aromatic carbocycles. The van der Waals surface area contributed by atoms with E-state index in [4.69, 9.17) is 0 Å². The summed E-state index contributed by atoms with van der Waals surface area (Å²) in [5, 5.41) is 8.79. The third-order valence-electron chi connectivity index (χ3n) is 2.27. The minimum absolute atomic E-state index is 0.0494. The van der Waals surface area contributed by atoms with Crippen LogP contribution in [0.5, 0.6) is 0 Å². The smallest absolute Gasteiger partial charge is 0.208 e. The van der Waals surface area contributed by atoms with Crippen LogP contribution < -0.4 is 4.90 Å². The lowest BCUT2D eigenvalue weighted by atomic mass is 10.1. The maximum atomic E-state index is 12.7. The number of aromatic nitrogens is 2. The van der Waals surface area contributed by atoms with Crippen molar-refractivity contribution in [3.8, 4) is 0 Å². The fraction of sp³-hybridized carbons (Fsp3) is 0.250. The summed E-state index contributed by atoms with van der Waals surface area (Å²) in [5.74, 6) is -0.121. The van der Waals surface area contributed by atoms with Crippen LogP contribution in [-0.2, 0) is 0 Å². The molecule has 0 saturated heterocycles. The zero-order chi connectivity index (χ0) is 13.8. The molecule has 2 aromatic rings. The third kappa shape index (κ3) is 3.74. The molecule has 0 aliphatic rings. The molecule has 1 heterocycles. The molecular weight excluding hydrogens is 285 g/mol. The molecule has 0 saturated carbocycles. The van der Waals surface area contributed by atoms with Gasteiger partial charge in [0.1, 0.15) is 5.82 Å². The molecule has 4 nitrogen and oxygen atoms in total. The average Bonchev–Trinajstić information content (AvgIpc) is 2.86. The highest BCUT2D eigenvalue weighted by molar-refractivity contribution is 8.01. The van der Waals surface area contributed by atoms with Crippen LogP contribution >= 0.6 is 23.1 Å². The predicted octanol–water partition coefficient (Wildman–Crippen LogP) is 2.72. The molecule has 0 amide bonds. The summed E-state index contributed by atoms with van der Waals surface area (Å²) in [6.45, 7) is 0. The Morgan fingerprint density at radius 3 is 2.58 bits per heavy atom. The molecule has 0 bridgehead atoms. The maximum absolute atomic E-state index is 12.7. The second kappa shape index (κ2) is 6.12. The number of halogens is 1. The van der Waals surface area contributed by atoms with Crippen LogP contribution in [0.25, 0.3) is 0 Å². The first-order valence-corrected chi connectivity index (χ1v) is 7.29. The Kier molecular flexibility index (Phi) is 4.49. The van der Waals surface area contributed by atoms with Crippen LogP contribution in [0.2, 0.25) is 0 Å². The number of ketones is 1. The summed E-state index contributed by atoms with van der Waals surface area (Å²) in [6, 6.07) is 5.55. The summed E-state index contributed by atoms with van der Waals surface area (Å²) >= 11 is 2.78. The fourth-order valence-electron chi connectivity index (χ4n) is 1.29. The minimum Gasteiger partial charge on any atom is -0.353 e. The van der Waals surface area contributed by atoms with E-state index in [1.54, 1.807) is 0 Å².